The molecule has 8 nitrogen and oxygen atoms in total. The van der Waals surface area contributed by atoms with Crippen molar-refractivity contribution in [3.63, 3.8) is 0 Å². The van der Waals surface area contributed by atoms with E-state index in [1.54, 1.807) is 0 Å². The number of ether oxygens (including phenoxy) is 1. The van der Waals surface area contributed by atoms with Crippen LogP contribution >= 0.6 is 0 Å². The van der Waals surface area contributed by atoms with Crippen molar-refractivity contribution in [2.75, 3.05) is 33.0 Å². The molecule has 150 valence electrons. The fourth-order valence-electron chi connectivity index (χ4n) is 2.33. The molecule has 0 aromatic rings. The van der Waals surface area contributed by atoms with E-state index in [9.17, 15) is 4.80 Å². The summed E-state index contributed by atoms with van der Waals surface area (Å²) in [7, 11) is -6.54. The highest BCUT2D eigenvalue weighted by molar-refractivity contribution is 6.62. The van der Waals surface area contributed by atoms with Crippen LogP contribution in [-0.4, -0.2) is 61.7 Å². The van der Waals surface area contributed by atoms with Crippen molar-refractivity contribution in [3.8, 4) is 0 Å². The predicted molar refractivity (Wildman–Crippen MR) is 97.5 cm³/mol. The van der Waals surface area contributed by atoms with Gasteiger partial charge in [-0.15, -0.1) is 0 Å². The van der Waals surface area contributed by atoms with Crippen molar-refractivity contribution in [2.45, 2.75) is 65.5 Å². The van der Waals surface area contributed by atoms with E-state index >= 15 is 0 Å². The maximum absolute atomic E-state index is 10.8. The average molecular weight is 398 g/mol. The second-order valence-electron chi connectivity index (χ2n) is 5.82. The van der Waals surface area contributed by atoms with E-state index in [4.69, 9.17) is 27.0 Å². The number of hydrogen-bond acceptors (Lipinski definition) is 8. The molecule has 1 fully saturated rings. The van der Waals surface area contributed by atoms with Gasteiger partial charge in [-0.1, -0.05) is 13.3 Å². The van der Waals surface area contributed by atoms with E-state index in [0.717, 1.165) is 32.3 Å². The zero-order valence-corrected chi connectivity index (χ0v) is 18.0. The lowest BCUT2D eigenvalue weighted by molar-refractivity contribution is -0.00893. The third-order valence-electron chi connectivity index (χ3n) is 3.55. The summed E-state index contributed by atoms with van der Waals surface area (Å²) in [5.41, 5.74) is 0. The monoisotopic (exact) mass is 397 g/mol. The molecule has 0 radical (unpaired) electrons. The van der Waals surface area contributed by atoms with E-state index in [-0.39, 0.29) is 0 Å². The third-order valence-corrected chi connectivity index (χ3v) is 8.33. The molecule has 2 N–H and O–H groups in total. The summed E-state index contributed by atoms with van der Waals surface area (Å²) in [6, 6.07) is 0.459. The maximum atomic E-state index is 10.8. The zero-order valence-electron chi connectivity index (χ0n) is 16.0. The summed E-state index contributed by atoms with van der Waals surface area (Å²) in [5.74, 6) is 0. The van der Waals surface area contributed by atoms with Crippen molar-refractivity contribution in [2.24, 2.45) is 0 Å². The minimum Gasteiger partial charge on any atom is -0.389 e. The van der Waals surface area contributed by atoms with Gasteiger partial charge in [0.2, 0.25) is 0 Å². The highest BCUT2D eigenvalue weighted by Crippen LogP contribution is 2.18. The molecule has 1 aliphatic heterocycles. The molecule has 1 aliphatic rings. The number of nitrogens with one attached hydrogen (secondary N) is 1. The normalized spacial score (nSPS) is 19.8. The van der Waals surface area contributed by atoms with Crippen molar-refractivity contribution in [3.05, 3.63) is 0 Å². The van der Waals surface area contributed by atoms with E-state index in [1.807, 2.05) is 27.7 Å². The van der Waals surface area contributed by atoms with Gasteiger partial charge in [0.1, 0.15) is 0 Å². The minimum absolute atomic E-state index is 0.417. The molecular weight excluding hydrogens is 362 g/mol. The van der Waals surface area contributed by atoms with Crippen LogP contribution in [0.5, 0.6) is 0 Å². The van der Waals surface area contributed by atoms with Gasteiger partial charge in [0.05, 0.1) is 12.7 Å². The quantitative estimate of drug-likeness (QED) is 0.167. The first-order chi connectivity index (χ1) is 12.0. The Bertz CT molecular complexity index is 333. The lowest BCUT2D eigenvalue weighted by Crippen LogP contribution is -2.63. The van der Waals surface area contributed by atoms with Gasteiger partial charge in [0, 0.05) is 32.5 Å². The molecule has 2 unspecified atom stereocenters. The van der Waals surface area contributed by atoms with Crippen LogP contribution in [-0.2, 0) is 27.0 Å². The molecule has 25 heavy (non-hydrogen) atoms. The molecule has 1 rings (SSSR count). The van der Waals surface area contributed by atoms with Crippen LogP contribution in [0.15, 0.2) is 0 Å². The smallest absolute Gasteiger partial charge is 0.389 e. The summed E-state index contributed by atoms with van der Waals surface area (Å²) >= 11 is 0. The Morgan fingerprint density at radius 1 is 1.00 bits per heavy atom. The summed E-state index contributed by atoms with van der Waals surface area (Å²) in [5, 5.41) is 2.77. The molecule has 0 spiro atoms. The minimum atomic E-state index is -3.36. The highest BCUT2D eigenvalue weighted by Gasteiger charge is 2.47. The molecule has 10 heteroatoms. The van der Waals surface area contributed by atoms with E-state index in [0.29, 0.717) is 38.6 Å². The van der Waals surface area contributed by atoms with Crippen LogP contribution in [0.1, 0.15) is 53.4 Å². The van der Waals surface area contributed by atoms with Crippen molar-refractivity contribution in [1.82, 2.24) is 5.15 Å². The Morgan fingerprint density at radius 2 is 1.60 bits per heavy atom. The Balaban J connectivity index is 2.49. The summed E-state index contributed by atoms with van der Waals surface area (Å²) < 4.78 is 33.5. The fraction of sp³-hybridized carbons (Fsp3) is 1.00. The second kappa shape index (κ2) is 12.5. The van der Waals surface area contributed by atoms with Gasteiger partial charge in [-0.3, -0.25) is 4.53 Å². The van der Waals surface area contributed by atoms with E-state index in [1.165, 1.54) is 0 Å². The molecule has 0 aromatic heterocycles. The molecule has 2 atom stereocenters. The van der Waals surface area contributed by atoms with Crippen molar-refractivity contribution in [1.29, 1.82) is 0 Å². The Hall–Kier alpha value is 0.114. The topological polar surface area (TPSA) is 90.9 Å². The van der Waals surface area contributed by atoms with Gasteiger partial charge in [0.25, 0.3) is 0 Å². The predicted octanol–water partition coefficient (Wildman–Crippen LogP) is 1.98. The summed E-state index contributed by atoms with van der Waals surface area (Å²) in [6.45, 7) is 10.1. The van der Waals surface area contributed by atoms with Crippen LogP contribution in [0.25, 0.3) is 0 Å². The van der Waals surface area contributed by atoms with Gasteiger partial charge in [-0.25, -0.2) is 0 Å². The number of epoxide rings is 1. The number of unbranched alkanes of at least 4 members (excludes halogenated alkanes) is 1. The molecule has 0 amide bonds. The molecule has 1 heterocycles. The van der Waals surface area contributed by atoms with Crippen LogP contribution in [0.3, 0.4) is 0 Å². The first kappa shape index (κ1) is 23.2. The molecule has 0 aliphatic carbocycles. The van der Waals surface area contributed by atoms with Crippen LogP contribution < -0.4 is 5.15 Å². The molecule has 0 aromatic carbocycles. The van der Waals surface area contributed by atoms with Crippen LogP contribution in [0, 0.1) is 0 Å². The summed E-state index contributed by atoms with van der Waals surface area (Å²) in [4.78, 5) is 10.8. The lowest BCUT2D eigenvalue weighted by Gasteiger charge is -2.31. The number of rotatable bonds is 17. The molecule has 0 bridgehead atoms. The third kappa shape index (κ3) is 9.56. The van der Waals surface area contributed by atoms with Gasteiger partial charge in [-0.2, -0.15) is 5.15 Å². The largest absolute Gasteiger partial charge is 0.620 e. The SMILES string of the molecule is CCC[Si](O)(OCCCCC1CO1)ON[Si](OCC)(OCC)OCC. The van der Waals surface area contributed by atoms with Crippen molar-refractivity contribution < 1.29 is 31.8 Å². The van der Waals surface area contributed by atoms with E-state index < -0.39 is 17.8 Å². The maximum Gasteiger partial charge on any atom is 0.620 e. The van der Waals surface area contributed by atoms with Gasteiger partial charge in [-0.05, 0) is 40.0 Å². The Kier molecular flexibility index (Phi) is 11.6. The number of hydrogen-bond donors (Lipinski definition) is 2. The lowest BCUT2D eigenvalue weighted by atomic mass is 10.2. The first-order valence-corrected chi connectivity index (χ1v) is 13.1. The van der Waals surface area contributed by atoms with Crippen LogP contribution in [0.4, 0.5) is 0 Å². The molecule has 1 saturated heterocycles. The summed E-state index contributed by atoms with van der Waals surface area (Å²) in [6.07, 6.45) is 4.12. The second-order valence-corrected chi connectivity index (χ2v) is 10.4. The first-order valence-electron chi connectivity index (χ1n) is 9.38. The Labute approximate surface area is 153 Å². The zero-order chi connectivity index (χ0) is 18.6. The molecular formula is C15H35NO7Si2. The molecule has 0 saturated carbocycles. The van der Waals surface area contributed by atoms with Crippen molar-refractivity contribution >= 4 is 17.8 Å². The highest BCUT2D eigenvalue weighted by atomic mass is 28.4. The standard InChI is InChI=1S/C15H35NO7Si2/c1-5-13-24(17,22-12-10-9-11-15-14-18-15)23-16-25(19-6-2,20-7-3)21-8-4/h15-17H,5-14H2,1-4H3. The van der Waals surface area contributed by atoms with Gasteiger partial charge >= 0.3 is 17.8 Å². The Morgan fingerprint density at radius 3 is 2.08 bits per heavy atom. The fourth-order valence-corrected chi connectivity index (χ4v) is 6.44. The van der Waals surface area contributed by atoms with E-state index in [2.05, 4.69) is 5.15 Å². The van der Waals surface area contributed by atoms with Gasteiger partial charge in [0.15, 0.2) is 0 Å². The van der Waals surface area contributed by atoms with Gasteiger partial charge < -0.3 is 27.2 Å². The average Bonchev–Trinajstić information content (AvgIpc) is 3.38. The van der Waals surface area contributed by atoms with Crippen LogP contribution in [0.2, 0.25) is 6.04 Å².